The van der Waals surface area contributed by atoms with E-state index in [-0.39, 0.29) is 29.6 Å². The fourth-order valence-corrected chi connectivity index (χ4v) is 5.20. The molecule has 0 unspecified atom stereocenters. The van der Waals surface area contributed by atoms with Crippen molar-refractivity contribution in [3.05, 3.63) is 70.3 Å². The minimum atomic E-state index is -5.01. The van der Waals surface area contributed by atoms with E-state index >= 15 is 0 Å². The summed E-state index contributed by atoms with van der Waals surface area (Å²) in [6, 6.07) is 8.57. The number of aromatic nitrogens is 2. The number of hydrogen-bond donors (Lipinski definition) is 1. The van der Waals surface area contributed by atoms with Crippen molar-refractivity contribution in [2.45, 2.75) is 32.2 Å². The molecular weight excluding hydrogens is 578 g/mol. The summed E-state index contributed by atoms with van der Waals surface area (Å²) in [5.74, 6) is -0.0674. The van der Waals surface area contributed by atoms with Gasteiger partial charge in [0.05, 0.1) is 16.8 Å². The number of halogens is 6. The monoisotopic (exact) mass is 606 g/mol. The van der Waals surface area contributed by atoms with Crippen molar-refractivity contribution in [2.24, 2.45) is 0 Å². The Morgan fingerprint density at radius 3 is 2.16 bits per heavy atom. The van der Waals surface area contributed by atoms with Crippen molar-refractivity contribution in [1.82, 2.24) is 19.8 Å². The highest BCUT2D eigenvalue weighted by atomic mass is 19.4. The van der Waals surface area contributed by atoms with Gasteiger partial charge in [0, 0.05) is 51.4 Å². The zero-order chi connectivity index (χ0) is 30.9. The standard InChI is InChI=1S/C29H28F6N6O2/c1-18-5-2-3-6-22(18)24-23-25(38-27(37-24)40-11-9-39(17-42)10-12-40)36-7-4-8-41(26(23)43)16-19-13-20(28(30,31)32)15-21(14-19)29(33,34)35/h2-3,5-6,13-15,17H,4,7-12,16H2,1H3,(H,36,37,38). The van der Waals surface area contributed by atoms with Crippen molar-refractivity contribution >= 4 is 24.1 Å². The summed E-state index contributed by atoms with van der Waals surface area (Å²) in [6.45, 7) is 3.62. The summed E-state index contributed by atoms with van der Waals surface area (Å²) in [5.41, 5.74) is -1.39. The number of nitrogens with zero attached hydrogens (tertiary/aromatic N) is 5. The number of hydrogen-bond acceptors (Lipinski definition) is 6. The maximum Gasteiger partial charge on any atom is 0.416 e. The topological polar surface area (TPSA) is 81.7 Å². The maximum atomic E-state index is 14.1. The molecule has 3 aromatic rings. The van der Waals surface area contributed by atoms with Gasteiger partial charge >= 0.3 is 12.4 Å². The average Bonchev–Trinajstić information content (AvgIpc) is 2.96. The highest BCUT2D eigenvalue weighted by Crippen LogP contribution is 2.38. The zero-order valence-electron chi connectivity index (χ0n) is 23.1. The van der Waals surface area contributed by atoms with E-state index in [0.29, 0.717) is 68.5 Å². The van der Waals surface area contributed by atoms with E-state index in [4.69, 9.17) is 4.98 Å². The van der Waals surface area contributed by atoms with Gasteiger partial charge in [0.1, 0.15) is 11.4 Å². The number of carbonyl (C=O) groups is 2. The van der Waals surface area contributed by atoms with Crippen molar-refractivity contribution < 1.29 is 35.9 Å². The first kappa shape index (κ1) is 30.1. The molecule has 43 heavy (non-hydrogen) atoms. The fourth-order valence-electron chi connectivity index (χ4n) is 5.20. The van der Waals surface area contributed by atoms with Crippen LogP contribution in [0.3, 0.4) is 0 Å². The minimum absolute atomic E-state index is 0.0680. The van der Waals surface area contributed by atoms with Crippen LogP contribution in [0.15, 0.2) is 42.5 Å². The molecule has 1 aromatic heterocycles. The Balaban J connectivity index is 1.59. The Labute approximate surface area is 243 Å². The van der Waals surface area contributed by atoms with Crippen molar-refractivity contribution in [3.8, 4) is 11.3 Å². The molecule has 2 aliphatic rings. The molecule has 3 heterocycles. The van der Waals surface area contributed by atoms with E-state index in [0.717, 1.165) is 12.0 Å². The number of piperazine rings is 1. The molecule has 8 nitrogen and oxygen atoms in total. The van der Waals surface area contributed by atoms with Crippen LogP contribution in [0.2, 0.25) is 0 Å². The first-order chi connectivity index (χ1) is 20.3. The van der Waals surface area contributed by atoms with Gasteiger partial charge < -0.3 is 20.0 Å². The molecule has 5 rings (SSSR count). The molecule has 14 heteroatoms. The number of fused-ring (bicyclic) bond motifs is 1. The van der Waals surface area contributed by atoms with Gasteiger partial charge in [0.2, 0.25) is 12.4 Å². The third kappa shape index (κ3) is 6.52. The van der Waals surface area contributed by atoms with Crippen LogP contribution in [0.5, 0.6) is 0 Å². The van der Waals surface area contributed by atoms with E-state index in [1.807, 2.05) is 24.0 Å². The fraction of sp³-hybridized carbons (Fsp3) is 0.379. The number of benzene rings is 2. The smallest absolute Gasteiger partial charge is 0.369 e. The number of rotatable bonds is 5. The van der Waals surface area contributed by atoms with Crippen LogP contribution in [-0.2, 0) is 23.7 Å². The summed E-state index contributed by atoms with van der Waals surface area (Å²) in [7, 11) is 0. The number of nitrogens with one attached hydrogen (secondary N) is 1. The van der Waals surface area contributed by atoms with Crippen LogP contribution in [0.4, 0.5) is 38.1 Å². The second-order valence-electron chi connectivity index (χ2n) is 10.5. The van der Waals surface area contributed by atoms with Crippen LogP contribution >= 0.6 is 0 Å². The summed E-state index contributed by atoms with van der Waals surface area (Å²) >= 11 is 0. The molecule has 2 aliphatic heterocycles. The molecule has 1 saturated heterocycles. The van der Waals surface area contributed by atoms with E-state index in [1.165, 1.54) is 4.90 Å². The SMILES string of the molecule is Cc1ccccc1-c1nc(N2CCN(C=O)CC2)nc2c1C(=O)N(Cc1cc(C(F)(F)F)cc(C(F)(F)F)c1)CCCN2. The third-order valence-electron chi connectivity index (χ3n) is 7.46. The van der Waals surface area contributed by atoms with E-state index < -0.39 is 35.9 Å². The van der Waals surface area contributed by atoms with Gasteiger partial charge in [-0.15, -0.1) is 0 Å². The van der Waals surface area contributed by atoms with Gasteiger partial charge in [-0.1, -0.05) is 24.3 Å². The Kier molecular flexibility index (Phi) is 8.21. The van der Waals surface area contributed by atoms with Crippen LogP contribution in [0.1, 0.15) is 39.0 Å². The van der Waals surface area contributed by atoms with Gasteiger partial charge in [-0.25, -0.2) is 4.98 Å². The predicted molar refractivity (Wildman–Crippen MR) is 146 cm³/mol. The summed E-state index contributed by atoms with van der Waals surface area (Å²) < 4.78 is 81.1. The average molecular weight is 607 g/mol. The normalized spacial score (nSPS) is 16.3. The number of aryl methyl sites for hydroxylation is 1. The number of carbonyl (C=O) groups excluding carboxylic acids is 2. The molecule has 1 N–H and O–H groups in total. The highest BCUT2D eigenvalue weighted by molar-refractivity contribution is 6.05. The molecule has 2 aromatic carbocycles. The van der Waals surface area contributed by atoms with Crippen LogP contribution in [0, 0.1) is 6.92 Å². The van der Waals surface area contributed by atoms with Gasteiger partial charge in [-0.3, -0.25) is 9.59 Å². The first-order valence-corrected chi connectivity index (χ1v) is 13.6. The summed E-state index contributed by atoms with van der Waals surface area (Å²) in [4.78, 5) is 39.5. The second-order valence-corrected chi connectivity index (χ2v) is 10.5. The van der Waals surface area contributed by atoms with E-state index in [2.05, 4.69) is 10.3 Å². The Morgan fingerprint density at radius 2 is 1.56 bits per heavy atom. The van der Waals surface area contributed by atoms with Crippen LogP contribution in [-0.4, -0.2) is 71.4 Å². The highest BCUT2D eigenvalue weighted by Gasteiger charge is 2.37. The molecule has 0 atom stereocenters. The van der Waals surface area contributed by atoms with Crippen molar-refractivity contribution in [1.29, 1.82) is 0 Å². The Hall–Kier alpha value is -4.36. The molecule has 0 bridgehead atoms. The molecular formula is C29H28F6N6O2. The van der Waals surface area contributed by atoms with Gasteiger partial charge in [0.25, 0.3) is 5.91 Å². The Morgan fingerprint density at radius 1 is 0.907 bits per heavy atom. The number of alkyl halides is 6. The minimum Gasteiger partial charge on any atom is -0.369 e. The molecule has 0 aliphatic carbocycles. The van der Waals surface area contributed by atoms with Crippen LogP contribution in [0.25, 0.3) is 11.3 Å². The molecule has 0 saturated carbocycles. The molecule has 2 amide bonds. The number of anilines is 2. The Bertz CT molecular complexity index is 1490. The maximum absolute atomic E-state index is 14.1. The molecule has 228 valence electrons. The van der Waals surface area contributed by atoms with Gasteiger partial charge in [0.15, 0.2) is 0 Å². The summed E-state index contributed by atoms with van der Waals surface area (Å²) in [5, 5.41) is 3.18. The molecule has 0 spiro atoms. The van der Waals surface area contributed by atoms with Crippen molar-refractivity contribution in [2.75, 3.05) is 49.5 Å². The van der Waals surface area contributed by atoms with Gasteiger partial charge in [-0.2, -0.15) is 31.3 Å². The lowest BCUT2D eigenvalue weighted by Gasteiger charge is -2.34. The lowest BCUT2D eigenvalue weighted by molar-refractivity contribution is -0.143. The first-order valence-electron chi connectivity index (χ1n) is 13.6. The van der Waals surface area contributed by atoms with Crippen LogP contribution < -0.4 is 10.2 Å². The third-order valence-corrected chi connectivity index (χ3v) is 7.46. The second kappa shape index (κ2) is 11.7. The van der Waals surface area contributed by atoms with E-state index in [9.17, 15) is 35.9 Å². The van der Waals surface area contributed by atoms with Crippen molar-refractivity contribution in [3.63, 3.8) is 0 Å². The number of amides is 2. The largest absolute Gasteiger partial charge is 0.416 e. The lowest BCUT2D eigenvalue weighted by atomic mass is 9.99. The zero-order valence-corrected chi connectivity index (χ0v) is 23.1. The van der Waals surface area contributed by atoms with E-state index in [1.54, 1.807) is 17.0 Å². The lowest BCUT2D eigenvalue weighted by Crippen LogP contribution is -2.46. The quantitative estimate of drug-likeness (QED) is 0.317. The summed E-state index contributed by atoms with van der Waals surface area (Å²) in [6.07, 6.45) is -8.87. The predicted octanol–water partition coefficient (Wildman–Crippen LogP) is 5.23. The molecule has 1 fully saturated rings. The van der Waals surface area contributed by atoms with Gasteiger partial charge in [-0.05, 0) is 42.7 Å². The molecule has 0 radical (unpaired) electrons.